The van der Waals surface area contributed by atoms with Gasteiger partial charge in [0, 0.05) is 6.42 Å². The molecule has 0 bridgehead atoms. The highest BCUT2D eigenvalue weighted by Gasteiger charge is 2.36. The number of nitrogens with one attached hydrogen (secondary N) is 1. The van der Waals surface area contributed by atoms with Crippen molar-refractivity contribution in [3.05, 3.63) is 48.5 Å². The summed E-state index contributed by atoms with van der Waals surface area (Å²) in [4.78, 5) is 11.8. The van der Waals surface area contributed by atoms with Crippen molar-refractivity contribution < 1.29 is 26.4 Å². The van der Waals surface area contributed by atoms with Crippen molar-refractivity contribution in [2.75, 3.05) is 14.8 Å². The molecule has 1 aliphatic heterocycles. The van der Waals surface area contributed by atoms with Crippen molar-refractivity contribution in [3.8, 4) is 5.75 Å². The van der Waals surface area contributed by atoms with Gasteiger partial charge in [-0.05, 0) is 50.2 Å². The van der Waals surface area contributed by atoms with Crippen LogP contribution in [0.1, 0.15) is 20.3 Å². The van der Waals surface area contributed by atoms with Crippen LogP contribution < -0.4 is 13.8 Å². The van der Waals surface area contributed by atoms with Crippen LogP contribution in [0.2, 0.25) is 0 Å². The van der Waals surface area contributed by atoms with Crippen LogP contribution in [0.4, 0.5) is 11.4 Å². The number of ether oxygens (including phenoxy) is 1. The topological polar surface area (TPSA) is 110 Å². The van der Waals surface area contributed by atoms with E-state index in [9.17, 15) is 21.6 Å². The number of carbonyl (C=O) groups excluding carboxylic acids is 1. The number of sulfonamides is 2. The maximum Gasteiger partial charge on any atom is 0.262 e. The molecule has 10 heteroatoms. The lowest BCUT2D eigenvalue weighted by molar-refractivity contribution is -0.116. The SMILES string of the molecule is CC(C)Oc1ccccc1NS(=O)(=O)c1ccc(N2C(=O)CCS2(=O)=O)cc1. The predicted molar refractivity (Wildman–Crippen MR) is 105 cm³/mol. The van der Waals surface area contributed by atoms with Gasteiger partial charge in [-0.15, -0.1) is 0 Å². The van der Waals surface area contributed by atoms with E-state index in [1.165, 1.54) is 24.3 Å². The molecular formula is C18H20N2O6S2. The fourth-order valence-electron chi connectivity index (χ4n) is 2.74. The third-order valence-corrected chi connectivity index (χ3v) is 7.03. The summed E-state index contributed by atoms with van der Waals surface area (Å²) in [6.07, 6.45) is -0.221. The van der Waals surface area contributed by atoms with E-state index in [2.05, 4.69) is 4.72 Å². The summed E-state index contributed by atoms with van der Waals surface area (Å²) >= 11 is 0. The fourth-order valence-corrected chi connectivity index (χ4v) is 5.27. The highest BCUT2D eigenvalue weighted by Crippen LogP contribution is 2.29. The largest absolute Gasteiger partial charge is 0.489 e. The summed E-state index contributed by atoms with van der Waals surface area (Å²) in [5.74, 6) is -0.389. The van der Waals surface area contributed by atoms with Crippen LogP contribution in [0.15, 0.2) is 53.4 Å². The highest BCUT2D eigenvalue weighted by atomic mass is 32.2. The lowest BCUT2D eigenvalue weighted by Gasteiger charge is -2.17. The average molecular weight is 425 g/mol. The number of benzene rings is 2. The summed E-state index contributed by atoms with van der Waals surface area (Å²) in [7, 11) is -7.64. The molecule has 0 aromatic heterocycles. The molecule has 0 saturated carbocycles. The zero-order valence-electron chi connectivity index (χ0n) is 15.3. The van der Waals surface area contributed by atoms with E-state index in [4.69, 9.17) is 4.74 Å². The van der Waals surface area contributed by atoms with E-state index in [0.717, 1.165) is 0 Å². The van der Waals surface area contributed by atoms with Crippen molar-refractivity contribution in [1.29, 1.82) is 0 Å². The number of rotatable bonds is 6. The van der Waals surface area contributed by atoms with Crippen molar-refractivity contribution in [2.24, 2.45) is 0 Å². The van der Waals surface area contributed by atoms with Gasteiger partial charge in [0.2, 0.25) is 15.9 Å². The van der Waals surface area contributed by atoms with E-state index in [-0.39, 0.29) is 34.5 Å². The second-order valence-corrected chi connectivity index (χ2v) is 10.1. The second kappa shape index (κ2) is 7.44. The van der Waals surface area contributed by atoms with E-state index < -0.39 is 26.0 Å². The molecule has 0 aliphatic carbocycles. The molecule has 3 rings (SSSR count). The minimum atomic E-state index is -3.94. The van der Waals surface area contributed by atoms with Gasteiger partial charge in [0.25, 0.3) is 10.0 Å². The molecule has 28 heavy (non-hydrogen) atoms. The number of hydrogen-bond donors (Lipinski definition) is 1. The zero-order chi connectivity index (χ0) is 20.5. The Morgan fingerprint density at radius 2 is 1.71 bits per heavy atom. The van der Waals surface area contributed by atoms with Gasteiger partial charge >= 0.3 is 0 Å². The Balaban J connectivity index is 1.87. The van der Waals surface area contributed by atoms with Crippen molar-refractivity contribution in [2.45, 2.75) is 31.3 Å². The first-order valence-electron chi connectivity index (χ1n) is 8.54. The van der Waals surface area contributed by atoms with Gasteiger partial charge in [0.15, 0.2) is 0 Å². The lowest BCUT2D eigenvalue weighted by atomic mass is 10.3. The normalized spacial score (nSPS) is 16.4. The monoisotopic (exact) mass is 424 g/mol. The van der Waals surface area contributed by atoms with Gasteiger partial charge in [-0.3, -0.25) is 9.52 Å². The standard InChI is InChI=1S/C18H20N2O6S2/c1-13(2)26-17-6-4-3-5-16(17)19-28(24,25)15-9-7-14(8-10-15)20-18(21)11-12-27(20,22)23/h3-10,13,19H,11-12H2,1-2H3. The maximum absolute atomic E-state index is 12.7. The molecule has 1 amide bonds. The first-order valence-corrected chi connectivity index (χ1v) is 11.6. The molecule has 0 spiro atoms. The summed E-state index contributed by atoms with van der Waals surface area (Å²) in [6, 6.07) is 11.8. The number of anilines is 2. The predicted octanol–water partition coefficient (Wildman–Crippen LogP) is 2.34. The first-order chi connectivity index (χ1) is 13.1. The minimum absolute atomic E-state index is 0.0698. The lowest BCUT2D eigenvalue weighted by Crippen LogP contribution is -2.29. The van der Waals surface area contributed by atoms with Gasteiger partial charge in [0.1, 0.15) is 5.75 Å². The second-order valence-electron chi connectivity index (χ2n) is 6.49. The molecular weight excluding hydrogens is 404 g/mol. The minimum Gasteiger partial charge on any atom is -0.489 e. The third-order valence-electron chi connectivity index (χ3n) is 3.95. The molecule has 1 saturated heterocycles. The number of para-hydroxylation sites is 2. The molecule has 0 unspecified atom stereocenters. The zero-order valence-corrected chi connectivity index (χ0v) is 17.0. The van der Waals surface area contributed by atoms with Crippen molar-refractivity contribution >= 4 is 37.3 Å². The highest BCUT2D eigenvalue weighted by molar-refractivity contribution is 7.94. The van der Waals surface area contributed by atoms with E-state index in [1.807, 2.05) is 13.8 Å². The maximum atomic E-state index is 12.7. The summed E-state index contributed by atoms with van der Waals surface area (Å²) in [6.45, 7) is 3.66. The van der Waals surface area contributed by atoms with Gasteiger partial charge in [-0.1, -0.05) is 12.1 Å². The molecule has 2 aromatic carbocycles. The number of nitrogens with zero attached hydrogens (tertiary/aromatic N) is 1. The molecule has 2 aromatic rings. The molecule has 1 fully saturated rings. The van der Waals surface area contributed by atoms with E-state index in [1.54, 1.807) is 24.3 Å². The fraction of sp³-hybridized carbons (Fsp3) is 0.278. The number of carbonyl (C=O) groups is 1. The summed E-state index contributed by atoms with van der Waals surface area (Å²) in [5.41, 5.74) is 0.405. The van der Waals surface area contributed by atoms with Crippen LogP contribution in [0, 0.1) is 0 Å². The molecule has 1 N–H and O–H groups in total. The van der Waals surface area contributed by atoms with Crippen LogP contribution in [-0.4, -0.2) is 34.6 Å². The van der Waals surface area contributed by atoms with Crippen LogP contribution in [0.3, 0.4) is 0 Å². The quantitative estimate of drug-likeness (QED) is 0.762. The Morgan fingerprint density at radius 1 is 1.07 bits per heavy atom. The van der Waals surface area contributed by atoms with Crippen LogP contribution >= 0.6 is 0 Å². The Labute approximate surface area is 164 Å². The number of hydrogen-bond acceptors (Lipinski definition) is 6. The Kier molecular flexibility index (Phi) is 5.35. The van der Waals surface area contributed by atoms with Crippen LogP contribution in [0.25, 0.3) is 0 Å². The van der Waals surface area contributed by atoms with Gasteiger partial charge in [0.05, 0.1) is 28.1 Å². The van der Waals surface area contributed by atoms with Crippen LogP contribution in [-0.2, 0) is 24.8 Å². The Hall–Kier alpha value is -2.59. The van der Waals surface area contributed by atoms with Gasteiger partial charge in [-0.2, -0.15) is 0 Å². The van der Waals surface area contributed by atoms with E-state index >= 15 is 0 Å². The molecule has 0 atom stereocenters. The van der Waals surface area contributed by atoms with Crippen LogP contribution in [0.5, 0.6) is 5.75 Å². The Morgan fingerprint density at radius 3 is 2.29 bits per heavy atom. The van der Waals surface area contributed by atoms with Crippen molar-refractivity contribution in [3.63, 3.8) is 0 Å². The van der Waals surface area contributed by atoms with Crippen molar-refractivity contribution in [1.82, 2.24) is 0 Å². The van der Waals surface area contributed by atoms with Gasteiger partial charge in [-0.25, -0.2) is 21.1 Å². The number of amides is 1. The molecule has 8 nitrogen and oxygen atoms in total. The molecule has 0 radical (unpaired) electrons. The Bertz CT molecular complexity index is 1090. The third kappa shape index (κ3) is 4.12. The molecule has 150 valence electrons. The summed E-state index contributed by atoms with van der Waals surface area (Å²) in [5, 5.41) is 0. The summed E-state index contributed by atoms with van der Waals surface area (Å²) < 4.78 is 58.2. The smallest absolute Gasteiger partial charge is 0.262 e. The molecule has 1 aliphatic rings. The van der Waals surface area contributed by atoms with Gasteiger partial charge < -0.3 is 4.74 Å². The molecule has 1 heterocycles. The average Bonchev–Trinajstić information content (AvgIpc) is 2.89. The van der Waals surface area contributed by atoms with E-state index in [0.29, 0.717) is 10.1 Å². The first kappa shape index (κ1) is 20.2.